The van der Waals surface area contributed by atoms with Gasteiger partial charge in [-0.1, -0.05) is 48.5 Å². The van der Waals surface area contributed by atoms with Crippen LogP contribution < -0.4 is 5.73 Å². The summed E-state index contributed by atoms with van der Waals surface area (Å²) in [7, 11) is 0. The molecule has 0 aliphatic rings. The van der Waals surface area contributed by atoms with Crippen LogP contribution in [0.25, 0.3) is 16.9 Å². The molecule has 3 N–H and O–H groups in total. The Hall–Kier alpha value is -2.92. The largest absolute Gasteiger partial charge is 0.481 e. The molecule has 0 fully saturated rings. The number of para-hydroxylation sites is 1. The summed E-state index contributed by atoms with van der Waals surface area (Å²) in [6.07, 6.45) is 0.311. The molecule has 0 aliphatic carbocycles. The molecular formula is C19H19N3O2. The Morgan fingerprint density at radius 2 is 1.71 bits per heavy atom. The van der Waals surface area contributed by atoms with Gasteiger partial charge in [-0.3, -0.25) is 4.79 Å². The lowest BCUT2D eigenvalue weighted by molar-refractivity contribution is -0.141. The standard InChI is InChI=1S/C19H19N3O2/c20-13-15(19(23)24)11-16-12-18(14-7-3-1-4-8-14)22(21-16)17-9-5-2-6-10-17/h1-10,12,15H,11,13,20H2,(H,23,24). The maximum absolute atomic E-state index is 11.3. The first-order valence-corrected chi connectivity index (χ1v) is 7.81. The summed E-state index contributed by atoms with van der Waals surface area (Å²) >= 11 is 0. The van der Waals surface area contributed by atoms with Crippen LogP contribution in [-0.2, 0) is 11.2 Å². The maximum Gasteiger partial charge on any atom is 0.308 e. The number of carboxylic acids is 1. The van der Waals surface area contributed by atoms with Crippen molar-refractivity contribution in [1.82, 2.24) is 9.78 Å². The van der Waals surface area contributed by atoms with Crippen molar-refractivity contribution in [3.8, 4) is 16.9 Å². The van der Waals surface area contributed by atoms with Crippen LogP contribution >= 0.6 is 0 Å². The van der Waals surface area contributed by atoms with E-state index in [0.29, 0.717) is 6.42 Å². The van der Waals surface area contributed by atoms with Gasteiger partial charge in [-0.05, 0) is 18.2 Å². The number of carbonyl (C=O) groups is 1. The zero-order chi connectivity index (χ0) is 16.9. The summed E-state index contributed by atoms with van der Waals surface area (Å²) in [4.78, 5) is 11.3. The molecule has 122 valence electrons. The van der Waals surface area contributed by atoms with Crippen LogP contribution in [0.3, 0.4) is 0 Å². The van der Waals surface area contributed by atoms with Crippen molar-refractivity contribution in [3.63, 3.8) is 0 Å². The van der Waals surface area contributed by atoms with Crippen LogP contribution in [0.2, 0.25) is 0 Å². The summed E-state index contributed by atoms with van der Waals surface area (Å²) in [5.41, 5.74) is 9.18. The van der Waals surface area contributed by atoms with E-state index in [1.165, 1.54) is 0 Å². The lowest BCUT2D eigenvalue weighted by Crippen LogP contribution is -2.25. The van der Waals surface area contributed by atoms with Crippen LogP contribution in [0.15, 0.2) is 66.7 Å². The smallest absolute Gasteiger partial charge is 0.308 e. The average molecular weight is 321 g/mol. The van der Waals surface area contributed by atoms with E-state index in [9.17, 15) is 9.90 Å². The number of rotatable bonds is 6. The van der Waals surface area contributed by atoms with Crippen LogP contribution in [0.1, 0.15) is 5.69 Å². The Labute approximate surface area is 140 Å². The number of nitrogens with zero attached hydrogens (tertiary/aromatic N) is 2. The Morgan fingerprint density at radius 1 is 1.08 bits per heavy atom. The van der Waals surface area contributed by atoms with E-state index >= 15 is 0 Å². The van der Waals surface area contributed by atoms with Crippen LogP contribution in [0.5, 0.6) is 0 Å². The topological polar surface area (TPSA) is 81.1 Å². The quantitative estimate of drug-likeness (QED) is 0.731. The van der Waals surface area contributed by atoms with E-state index in [-0.39, 0.29) is 6.54 Å². The SMILES string of the molecule is NCC(Cc1cc(-c2ccccc2)n(-c2ccccc2)n1)C(=O)O. The highest BCUT2D eigenvalue weighted by Gasteiger charge is 2.19. The Balaban J connectivity index is 2.05. The number of aliphatic carboxylic acids is 1. The first kappa shape index (κ1) is 16.0. The first-order valence-electron chi connectivity index (χ1n) is 7.81. The highest BCUT2D eigenvalue weighted by atomic mass is 16.4. The predicted octanol–water partition coefficient (Wildman–Crippen LogP) is 2.74. The summed E-state index contributed by atoms with van der Waals surface area (Å²) in [5, 5.41) is 13.9. The summed E-state index contributed by atoms with van der Waals surface area (Å²) in [5.74, 6) is -1.53. The molecule has 24 heavy (non-hydrogen) atoms. The Bertz CT molecular complexity index is 756. The minimum atomic E-state index is -0.895. The zero-order valence-corrected chi connectivity index (χ0v) is 13.2. The molecular weight excluding hydrogens is 302 g/mol. The minimum Gasteiger partial charge on any atom is -0.481 e. The van der Waals surface area contributed by atoms with E-state index in [1.807, 2.05) is 71.4 Å². The van der Waals surface area contributed by atoms with E-state index < -0.39 is 11.9 Å². The normalized spacial score (nSPS) is 12.0. The fourth-order valence-electron chi connectivity index (χ4n) is 2.63. The molecule has 3 rings (SSSR count). The molecule has 2 aromatic carbocycles. The van der Waals surface area contributed by atoms with Crippen molar-refractivity contribution in [2.45, 2.75) is 6.42 Å². The molecule has 1 atom stereocenters. The van der Waals surface area contributed by atoms with Crippen molar-refractivity contribution in [2.24, 2.45) is 11.7 Å². The van der Waals surface area contributed by atoms with Gasteiger partial charge < -0.3 is 10.8 Å². The summed E-state index contributed by atoms with van der Waals surface area (Å²) in [6.45, 7) is 0.0915. The van der Waals surface area contributed by atoms with Gasteiger partial charge in [-0.15, -0.1) is 0 Å². The molecule has 0 amide bonds. The number of carboxylic acid groups (broad SMARTS) is 1. The van der Waals surface area contributed by atoms with Gasteiger partial charge in [0.05, 0.1) is 23.0 Å². The van der Waals surface area contributed by atoms with Gasteiger partial charge in [0, 0.05) is 18.5 Å². The van der Waals surface area contributed by atoms with Gasteiger partial charge in [0.2, 0.25) is 0 Å². The summed E-state index contributed by atoms with van der Waals surface area (Å²) < 4.78 is 1.85. The van der Waals surface area contributed by atoms with Gasteiger partial charge in [-0.2, -0.15) is 5.10 Å². The summed E-state index contributed by atoms with van der Waals surface area (Å²) in [6, 6.07) is 21.7. The van der Waals surface area contributed by atoms with Crippen molar-refractivity contribution < 1.29 is 9.90 Å². The third-order valence-electron chi connectivity index (χ3n) is 3.92. The second-order valence-electron chi connectivity index (χ2n) is 5.61. The Kier molecular flexibility index (Phi) is 4.72. The van der Waals surface area contributed by atoms with E-state index in [2.05, 4.69) is 5.10 Å². The lowest BCUT2D eigenvalue weighted by Gasteiger charge is -2.07. The van der Waals surface area contributed by atoms with Crippen LogP contribution in [0.4, 0.5) is 0 Å². The van der Waals surface area contributed by atoms with Crippen LogP contribution in [0, 0.1) is 5.92 Å². The predicted molar refractivity (Wildman–Crippen MR) is 92.9 cm³/mol. The highest BCUT2D eigenvalue weighted by Crippen LogP contribution is 2.25. The molecule has 3 aromatic rings. The number of hydrogen-bond donors (Lipinski definition) is 2. The van der Waals surface area contributed by atoms with Crippen LogP contribution in [-0.4, -0.2) is 27.4 Å². The highest BCUT2D eigenvalue weighted by molar-refractivity contribution is 5.71. The lowest BCUT2D eigenvalue weighted by atomic mass is 10.0. The zero-order valence-electron chi connectivity index (χ0n) is 13.2. The van der Waals surface area contributed by atoms with Crippen molar-refractivity contribution in [3.05, 3.63) is 72.4 Å². The van der Waals surface area contributed by atoms with Gasteiger partial charge in [0.1, 0.15) is 0 Å². The fourth-order valence-corrected chi connectivity index (χ4v) is 2.63. The molecule has 0 saturated carbocycles. The Morgan fingerprint density at radius 3 is 2.29 bits per heavy atom. The van der Waals surface area contributed by atoms with E-state index in [0.717, 1.165) is 22.6 Å². The van der Waals surface area contributed by atoms with Gasteiger partial charge in [0.25, 0.3) is 0 Å². The molecule has 5 nitrogen and oxygen atoms in total. The minimum absolute atomic E-state index is 0.0915. The molecule has 0 spiro atoms. The second-order valence-corrected chi connectivity index (χ2v) is 5.61. The van der Waals surface area contributed by atoms with Gasteiger partial charge in [0.15, 0.2) is 0 Å². The third-order valence-corrected chi connectivity index (χ3v) is 3.92. The number of nitrogens with two attached hydrogens (primary N) is 1. The maximum atomic E-state index is 11.3. The second kappa shape index (κ2) is 7.10. The van der Waals surface area contributed by atoms with Crippen molar-refractivity contribution in [2.75, 3.05) is 6.54 Å². The first-order chi connectivity index (χ1) is 11.7. The van der Waals surface area contributed by atoms with Crippen molar-refractivity contribution >= 4 is 5.97 Å². The molecule has 5 heteroatoms. The van der Waals surface area contributed by atoms with E-state index in [4.69, 9.17) is 5.73 Å². The number of benzene rings is 2. The number of aromatic nitrogens is 2. The molecule has 0 aliphatic heterocycles. The molecule has 0 bridgehead atoms. The van der Waals surface area contributed by atoms with E-state index in [1.54, 1.807) is 0 Å². The van der Waals surface area contributed by atoms with Gasteiger partial charge in [-0.25, -0.2) is 4.68 Å². The molecule has 1 aromatic heterocycles. The van der Waals surface area contributed by atoms with Crippen molar-refractivity contribution in [1.29, 1.82) is 0 Å². The third kappa shape index (κ3) is 3.36. The molecule has 0 radical (unpaired) electrons. The number of hydrogen-bond acceptors (Lipinski definition) is 3. The monoisotopic (exact) mass is 321 g/mol. The average Bonchev–Trinajstić information content (AvgIpc) is 3.05. The van der Waals surface area contributed by atoms with Gasteiger partial charge >= 0.3 is 5.97 Å². The molecule has 1 heterocycles. The molecule has 1 unspecified atom stereocenters. The molecule has 0 saturated heterocycles. The fraction of sp³-hybridized carbons (Fsp3) is 0.158.